The minimum Gasteiger partial charge on any atom is -0.388 e. The molecule has 4 atom stereocenters. The van der Waals surface area contributed by atoms with Crippen molar-refractivity contribution in [2.75, 3.05) is 5.32 Å². The van der Waals surface area contributed by atoms with E-state index in [1.165, 1.54) is 10.9 Å². The van der Waals surface area contributed by atoms with E-state index < -0.39 is 36.3 Å². The molecular formula is C19H19FN4O4. The van der Waals surface area contributed by atoms with Crippen LogP contribution in [0, 0.1) is 5.82 Å². The summed E-state index contributed by atoms with van der Waals surface area (Å²) in [5.74, 6) is -1.11. The van der Waals surface area contributed by atoms with Crippen molar-refractivity contribution in [3.63, 3.8) is 0 Å². The number of ether oxygens (including phenoxy) is 1. The highest BCUT2D eigenvalue weighted by molar-refractivity contribution is 6.07. The fourth-order valence-corrected chi connectivity index (χ4v) is 3.39. The molecular weight excluding hydrogens is 367 g/mol. The molecule has 1 saturated heterocycles. The van der Waals surface area contributed by atoms with Crippen molar-refractivity contribution in [1.82, 2.24) is 14.5 Å². The Bertz CT molecular complexity index is 1010. The Morgan fingerprint density at radius 2 is 2.00 bits per heavy atom. The smallest absolute Gasteiger partial charge is 0.256 e. The quantitative estimate of drug-likeness (QED) is 0.631. The molecule has 0 unspecified atom stereocenters. The van der Waals surface area contributed by atoms with E-state index in [-0.39, 0.29) is 16.9 Å². The third-order valence-corrected chi connectivity index (χ3v) is 4.84. The summed E-state index contributed by atoms with van der Waals surface area (Å²) in [6, 6.07) is 8.48. The van der Waals surface area contributed by atoms with Crippen LogP contribution in [-0.4, -0.2) is 49.0 Å². The van der Waals surface area contributed by atoms with Gasteiger partial charge in [0, 0.05) is 11.8 Å². The molecule has 9 heteroatoms. The fourth-order valence-electron chi connectivity index (χ4n) is 3.39. The molecule has 3 N–H and O–H groups in total. The normalized spacial score (nSPS) is 24.6. The lowest BCUT2D eigenvalue weighted by Gasteiger charge is -2.17. The highest BCUT2D eigenvalue weighted by Crippen LogP contribution is 2.35. The Morgan fingerprint density at radius 3 is 2.68 bits per heavy atom. The topological polar surface area (TPSA) is 110 Å². The van der Waals surface area contributed by atoms with Gasteiger partial charge in [0.25, 0.3) is 5.91 Å². The first-order valence-electron chi connectivity index (χ1n) is 8.90. The summed E-state index contributed by atoms with van der Waals surface area (Å²) >= 11 is 0. The van der Waals surface area contributed by atoms with Crippen molar-refractivity contribution in [3.8, 4) is 0 Å². The van der Waals surface area contributed by atoms with Gasteiger partial charge in [0.2, 0.25) is 0 Å². The number of rotatable bonds is 4. The number of hydrogen-bond donors (Lipinski definition) is 3. The van der Waals surface area contributed by atoms with Crippen LogP contribution in [0.1, 0.15) is 29.9 Å². The number of carbonyl (C=O) groups is 1. The first-order valence-corrected chi connectivity index (χ1v) is 8.90. The Kier molecular flexibility index (Phi) is 4.80. The molecule has 28 heavy (non-hydrogen) atoms. The Morgan fingerprint density at radius 1 is 1.25 bits per heavy atom. The number of nitrogens with one attached hydrogen (secondary N) is 1. The number of nitrogens with zero attached hydrogens (tertiary/aromatic N) is 3. The molecule has 0 bridgehead atoms. The number of carbonyl (C=O) groups excluding carboxylic acids is 1. The maximum atomic E-state index is 14.7. The SMILES string of the molecule is CC[C@H]1O[C@@H](n2cc(F)c3c(NC(=O)c4ccccc4)ncnc32)[C@H](O)[C@@H]1O. The largest absolute Gasteiger partial charge is 0.388 e. The van der Waals surface area contributed by atoms with Gasteiger partial charge in [0.1, 0.15) is 24.4 Å². The molecule has 4 rings (SSSR count). The number of amides is 1. The van der Waals surface area contributed by atoms with E-state index in [9.17, 15) is 19.4 Å². The zero-order valence-corrected chi connectivity index (χ0v) is 15.0. The van der Waals surface area contributed by atoms with Gasteiger partial charge in [-0.3, -0.25) is 4.79 Å². The van der Waals surface area contributed by atoms with Gasteiger partial charge in [0.15, 0.2) is 17.7 Å². The maximum Gasteiger partial charge on any atom is 0.256 e. The molecule has 1 aromatic carbocycles. The highest BCUT2D eigenvalue weighted by atomic mass is 19.1. The first kappa shape index (κ1) is 18.5. The van der Waals surface area contributed by atoms with Gasteiger partial charge in [0.05, 0.1) is 11.5 Å². The predicted octanol–water partition coefficient (Wildman–Crippen LogP) is 1.85. The van der Waals surface area contributed by atoms with Crippen molar-refractivity contribution < 1.29 is 24.1 Å². The van der Waals surface area contributed by atoms with Crippen LogP contribution in [-0.2, 0) is 4.74 Å². The second-order valence-corrected chi connectivity index (χ2v) is 6.58. The lowest BCUT2D eigenvalue weighted by molar-refractivity contribution is -0.0355. The van der Waals surface area contributed by atoms with Crippen LogP contribution >= 0.6 is 0 Å². The minimum atomic E-state index is -1.24. The van der Waals surface area contributed by atoms with Crippen molar-refractivity contribution in [2.45, 2.75) is 37.9 Å². The Labute approximate surface area is 159 Å². The molecule has 0 spiro atoms. The fraction of sp³-hybridized carbons (Fsp3) is 0.316. The third-order valence-electron chi connectivity index (χ3n) is 4.84. The molecule has 146 valence electrons. The summed E-state index contributed by atoms with van der Waals surface area (Å²) < 4.78 is 21.7. The summed E-state index contributed by atoms with van der Waals surface area (Å²) in [6.07, 6.45) is -1.10. The van der Waals surface area contributed by atoms with E-state index in [1.54, 1.807) is 30.3 Å². The van der Waals surface area contributed by atoms with Crippen LogP contribution in [0.25, 0.3) is 11.0 Å². The number of benzene rings is 1. The van der Waals surface area contributed by atoms with E-state index in [1.807, 2.05) is 6.92 Å². The molecule has 1 amide bonds. The zero-order chi connectivity index (χ0) is 19.8. The average Bonchev–Trinajstić information content (AvgIpc) is 3.20. The molecule has 0 aliphatic carbocycles. The second kappa shape index (κ2) is 7.27. The molecule has 3 heterocycles. The summed E-state index contributed by atoms with van der Waals surface area (Å²) in [4.78, 5) is 20.5. The van der Waals surface area contributed by atoms with Gasteiger partial charge in [-0.2, -0.15) is 0 Å². The van der Waals surface area contributed by atoms with Gasteiger partial charge in [-0.1, -0.05) is 25.1 Å². The van der Waals surface area contributed by atoms with Gasteiger partial charge in [-0.05, 0) is 18.6 Å². The highest BCUT2D eigenvalue weighted by Gasteiger charge is 2.43. The summed E-state index contributed by atoms with van der Waals surface area (Å²) in [5.41, 5.74) is 0.543. The van der Waals surface area contributed by atoms with Crippen LogP contribution < -0.4 is 5.32 Å². The number of halogens is 1. The van der Waals surface area contributed by atoms with Crippen LogP contribution in [0.5, 0.6) is 0 Å². The lowest BCUT2D eigenvalue weighted by atomic mass is 10.1. The summed E-state index contributed by atoms with van der Waals surface area (Å²) in [6.45, 7) is 1.82. The number of aromatic nitrogens is 3. The minimum absolute atomic E-state index is 0.00276. The van der Waals surface area contributed by atoms with Crippen molar-refractivity contribution in [3.05, 3.63) is 54.2 Å². The number of hydrogen-bond acceptors (Lipinski definition) is 6. The predicted molar refractivity (Wildman–Crippen MR) is 98.1 cm³/mol. The maximum absolute atomic E-state index is 14.7. The van der Waals surface area contributed by atoms with Gasteiger partial charge in [-0.15, -0.1) is 0 Å². The number of anilines is 1. The van der Waals surface area contributed by atoms with E-state index in [0.717, 1.165) is 6.20 Å². The average molecular weight is 386 g/mol. The lowest BCUT2D eigenvalue weighted by Crippen LogP contribution is -2.31. The van der Waals surface area contributed by atoms with E-state index in [2.05, 4.69) is 15.3 Å². The molecule has 0 saturated carbocycles. The molecule has 1 aliphatic heterocycles. The Balaban J connectivity index is 1.71. The molecule has 3 aromatic rings. The van der Waals surface area contributed by atoms with Gasteiger partial charge < -0.3 is 24.8 Å². The third kappa shape index (κ3) is 3.03. The van der Waals surface area contributed by atoms with Crippen molar-refractivity contribution >= 4 is 22.8 Å². The molecule has 1 aliphatic rings. The number of aliphatic hydroxyl groups excluding tert-OH is 2. The number of fused-ring (bicyclic) bond motifs is 1. The second-order valence-electron chi connectivity index (χ2n) is 6.58. The van der Waals surface area contributed by atoms with Crippen LogP contribution in [0.15, 0.2) is 42.9 Å². The van der Waals surface area contributed by atoms with E-state index >= 15 is 0 Å². The van der Waals surface area contributed by atoms with E-state index in [0.29, 0.717) is 12.0 Å². The molecule has 8 nitrogen and oxygen atoms in total. The monoisotopic (exact) mass is 386 g/mol. The summed E-state index contributed by atoms with van der Waals surface area (Å²) in [7, 11) is 0. The van der Waals surface area contributed by atoms with Crippen LogP contribution in [0.2, 0.25) is 0 Å². The Hall–Kier alpha value is -2.88. The summed E-state index contributed by atoms with van der Waals surface area (Å²) in [5, 5.41) is 23.0. The number of aliphatic hydroxyl groups is 2. The van der Waals surface area contributed by atoms with Crippen LogP contribution in [0.3, 0.4) is 0 Å². The molecule has 1 fully saturated rings. The van der Waals surface area contributed by atoms with Crippen LogP contribution in [0.4, 0.5) is 10.2 Å². The molecule has 2 aromatic heterocycles. The van der Waals surface area contributed by atoms with Gasteiger partial charge >= 0.3 is 0 Å². The first-order chi connectivity index (χ1) is 13.5. The zero-order valence-electron chi connectivity index (χ0n) is 15.0. The molecule has 0 radical (unpaired) electrons. The van der Waals surface area contributed by atoms with Gasteiger partial charge in [-0.25, -0.2) is 14.4 Å². The standard InChI is InChI=1S/C19H19FN4O4/c1-2-12-14(25)15(26)19(28-12)24-8-11(20)13-16(21-9-22-17(13)24)23-18(27)10-6-4-3-5-7-10/h3-9,12,14-15,19,25-26H,2H2,1H3,(H,21,22,23,27)/t12-,14-,15-,19-/m1/s1. The van der Waals surface area contributed by atoms with E-state index in [4.69, 9.17) is 4.74 Å². The van der Waals surface area contributed by atoms with Crippen molar-refractivity contribution in [2.24, 2.45) is 0 Å². The van der Waals surface area contributed by atoms with Crippen molar-refractivity contribution in [1.29, 1.82) is 0 Å².